The van der Waals surface area contributed by atoms with Gasteiger partial charge in [-0.1, -0.05) is 0 Å². The minimum atomic E-state index is 0.548. The van der Waals surface area contributed by atoms with Gasteiger partial charge in [0.05, 0.1) is 6.21 Å². The molecule has 0 aliphatic carbocycles. The van der Waals surface area contributed by atoms with Crippen molar-refractivity contribution in [2.24, 2.45) is 5.10 Å². The fourth-order valence-electron chi connectivity index (χ4n) is 1.48. The van der Waals surface area contributed by atoms with E-state index in [0.29, 0.717) is 17.4 Å². The molecule has 0 aliphatic heterocycles. The van der Waals surface area contributed by atoms with E-state index in [9.17, 15) is 0 Å². The van der Waals surface area contributed by atoms with Crippen molar-refractivity contribution >= 4 is 34.6 Å². The van der Waals surface area contributed by atoms with Crippen molar-refractivity contribution in [3.63, 3.8) is 0 Å². The number of halogens is 1. The van der Waals surface area contributed by atoms with Crippen LogP contribution in [0.2, 0.25) is 0 Å². The first-order chi connectivity index (χ1) is 9.81. The summed E-state index contributed by atoms with van der Waals surface area (Å²) in [4.78, 5) is 3.95. The van der Waals surface area contributed by atoms with Crippen LogP contribution in [0.5, 0.6) is 0 Å². The van der Waals surface area contributed by atoms with Gasteiger partial charge in [-0.25, -0.2) is 4.98 Å². The smallest absolute Gasteiger partial charge is 0.168 e. The van der Waals surface area contributed by atoms with Crippen LogP contribution in [0.3, 0.4) is 0 Å². The van der Waals surface area contributed by atoms with Crippen LogP contribution in [-0.4, -0.2) is 26.0 Å². The van der Waals surface area contributed by atoms with Crippen LogP contribution in [-0.2, 0) is 0 Å². The second-order valence-electron chi connectivity index (χ2n) is 3.76. The Hall–Kier alpha value is -2.23. The maximum atomic E-state index is 5.34. The third-order valence-corrected chi connectivity index (χ3v) is 2.96. The van der Waals surface area contributed by atoms with Gasteiger partial charge in [-0.15, -0.1) is 10.2 Å². The van der Waals surface area contributed by atoms with Crippen LogP contribution in [0.15, 0.2) is 52.5 Å². The van der Waals surface area contributed by atoms with Crippen LogP contribution < -0.4 is 5.43 Å². The molecule has 0 atom stereocenters. The van der Waals surface area contributed by atoms with Gasteiger partial charge in [-0.05, 0) is 46.9 Å². The summed E-state index contributed by atoms with van der Waals surface area (Å²) >= 11 is 2.09. The molecule has 1 N–H and O–H groups in total. The number of anilines is 1. The van der Waals surface area contributed by atoms with Gasteiger partial charge in [-0.2, -0.15) is 5.10 Å². The zero-order chi connectivity index (χ0) is 13.8. The number of rotatable bonds is 4. The summed E-state index contributed by atoms with van der Waals surface area (Å²) in [5, 5.41) is 12.1. The van der Waals surface area contributed by atoms with Crippen molar-refractivity contribution in [3.8, 4) is 5.82 Å². The Morgan fingerprint density at radius 2 is 2.20 bits per heavy atom. The molecule has 0 aromatic carbocycles. The van der Waals surface area contributed by atoms with E-state index in [2.05, 4.69) is 48.3 Å². The molecule has 0 unspecified atom stereocenters. The lowest BCUT2D eigenvalue weighted by molar-refractivity contribution is 0.531. The molecule has 3 aromatic heterocycles. The van der Waals surface area contributed by atoms with Crippen LogP contribution in [0, 0.1) is 3.77 Å². The van der Waals surface area contributed by atoms with E-state index >= 15 is 0 Å². The molecule has 8 heteroatoms. The molecule has 100 valence electrons. The first kappa shape index (κ1) is 12.8. The highest BCUT2D eigenvalue weighted by Gasteiger charge is 1.99. The van der Waals surface area contributed by atoms with Crippen LogP contribution in [0.4, 0.5) is 5.82 Å². The van der Waals surface area contributed by atoms with Gasteiger partial charge in [0.15, 0.2) is 15.4 Å². The molecule has 0 fully saturated rings. The maximum absolute atomic E-state index is 5.34. The third kappa shape index (κ3) is 3.02. The van der Waals surface area contributed by atoms with Crippen molar-refractivity contribution in [1.29, 1.82) is 0 Å². The molecule has 3 rings (SSSR count). The fraction of sp³-hybridized carbons (Fsp3) is 0. The minimum Gasteiger partial charge on any atom is -0.449 e. The number of nitrogens with one attached hydrogen (secondary N) is 1. The largest absolute Gasteiger partial charge is 0.449 e. The van der Waals surface area contributed by atoms with E-state index < -0.39 is 0 Å². The molecule has 3 heterocycles. The summed E-state index contributed by atoms with van der Waals surface area (Å²) < 4.78 is 7.92. The molecule has 0 radical (unpaired) electrons. The first-order valence-electron chi connectivity index (χ1n) is 5.68. The Morgan fingerprint density at radius 1 is 1.25 bits per heavy atom. The normalized spacial score (nSPS) is 11.1. The van der Waals surface area contributed by atoms with Crippen molar-refractivity contribution in [1.82, 2.24) is 19.7 Å². The molecule has 0 spiro atoms. The lowest BCUT2D eigenvalue weighted by Crippen LogP contribution is -1.99. The quantitative estimate of drug-likeness (QED) is 0.427. The van der Waals surface area contributed by atoms with E-state index in [0.717, 1.165) is 3.77 Å². The van der Waals surface area contributed by atoms with Gasteiger partial charge < -0.3 is 4.42 Å². The van der Waals surface area contributed by atoms with Gasteiger partial charge >= 0.3 is 0 Å². The number of hydrazone groups is 1. The molecular weight excluding hydrogens is 371 g/mol. The van der Waals surface area contributed by atoms with Gasteiger partial charge in [0, 0.05) is 12.4 Å². The number of aromatic nitrogens is 4. The van der Waals surface area contributed by atoms with E-state index in [1.165, 1.54) is 0 Å². The van der Waals surface area contributed by atoms with Gasteiger partial charge in [0.2, 0.25) is 0 Å². The second-order valence-corrected chi connectivity index (χ2v) is 4.82. The molecule has 0 aliphatic rings. The Labute approximate surface area is 127 Å². The van der Waals surface area contributed by atoms with E-state index in [4.69, 9.17) is 4.42 Å². The van der Waals surface area contributed by atoms with Crippen molar-refractivity contribution in [2.75, 3.05) is 5.43 Å². The molecule has 0 amide bonds. The topological polar surface area (TPSA) is 81.1 Å². The summed E-state index contributed by atoms with van der Waals surface area (Å²) in [7, 11) is 0. The first-order valence-corrected chi connectivity index (χ1v) is 6.75. The van der Waals surface area contributed by atoms with Gasteiger partial charge in [-0.3, -0.25) is 9.99 Å². The summed E-state index contributed by atoms with van der Waals surface area (Å²) in [6.07, 6.45) is 6.72. The van der Waals surface area contributed by atoms with Crippen molar-refractivity contribution in [2.45, 2.75) is 0 Å². The molecule has 20 heavy (non-hydrogen) atoms. The van der Waals surface area contributed by atoms with E-state index in [1.807, 2.05) is 18.2 Å². The van der Waals surface area contributed by atoms with E-state index in [1.54, 1.807) is 35.6 Å². The lowest BCUT2D eigenvalue weighted by Gasteiger charge is -2.01. The zero-order valence-electron chi connectivity index (χ0n) is 10.1. The number of hydrogen-bond donors (Lipinski definition) is 1. The van der Waals surface area contributed by atoms with Crippen molar-refractivity contribution < 1.29 is 4.42 Å². The second kappa shape index (κ2) is 5.82. The van der Waals surface area contributed by atoms with Crippen molar-refractivity contribution in [3.05, 3.63) is 52.5 Å². The summed E-state index contributed by atoms with van der Waals surface area (Å²) in [5.41, 5.74) is 2.78. The third-order valence-electron chi connectivity index (χ3n) is 2.38. The SMILES string of the molecule is Ic1ccc(C=NNc2ccc(-n3ccnc3)nn2)o1. The predicted octanol–water partition coefficient (Wildman–Crippen LogP) is 2.31. The molecule has 0 bridgehead atoms. The molecule has 0 saturated carbocycles. The molecule has 0 saturated heterocycles. The standard InChI is InChI=1S/C12H9IN6O/c13-10-2-1-9(20-10)7-15-16-11-3-4-12(18-17-11)19-6-5-14-8-19/h1-8H,(H,16,17). The maximum Gasteiger partial charge on any atom is 0.168 e. The average molecular weight is 380 g/mol. The number of hydrogen-bond acceptors (Lipinski definition) is 6. The summed E-state index contributed by atoms with van der Waals surface area (Å²) in [6.45, 7) is 0. The lowest BCUT2D eigenvalue weighted by atomic mass is 10.5. The number of nitrogens with zero attached hydrogens (tertiary/aromatic N) is 5. The predicted molar refractivity (Wildman–Crippen MR) is 81.8 cm³/mol. The van der Waals surface area contributed by atoms with E-state index in [-0.39, 0.29) is 0 Å². The monoisotopic (exact) mass is 380 g/mol. The summed E-state index contributed by atoms with van der Waals surface area (Å²) in [5.74, 6) is 1.91. The van der Waals surface area contributed by atoms with Crippen LogP contribution >= 0.6 is 22.6 Å². The van der Waals surface area contributed by atoms with Gasteiger partial charge in [0.1, 0.15) is 12.1 Å². The highest BCUT2D eigenvalue weighted by Crippen LogP contribution is 2.09. The molecule has 7 nitrogen and oxygen atoms in total. The molecule has 3 aromatic rings. The zero-order valence-corrected chi connectivity index (χ0v) is 12.3. The highest BCUT2D eigenvalue weighted by atomic mass is 127. The Kier molecular flexibility index (Phi) is 3.72. The average Bonchev–Trinajstić information content (AvgIpc) is 3.11. The number of imidazole rings is 1. The van der Waals surface area contributed by atoms with Crippen LogP contribution in [0.25, 0.3) is 5.82 Å². The van der Waals surface area contributed by atoms with Gasteiger partial charge in [0.25, 0.3) is 0 Å². The Balaban J connectivity index is 1.65. The fourth-order valence-corrected chi connectivity index (χ4v) is 1.91. The highest BCUT2D eigenvalue weighted by molar-refractivity contribution is 14.1. The Bertz CT molecular complexity index is 704. The molecular formula is C12H9IN6O. The van der Waals surface area contributed by atoms with Crippen LogP contribution in [0.1, 0.15) is 5.76 Å². The Morgan fingerprint density at radius 3 is 2.85 bits per heavy atom. The minimum absolute atomic E-state index is 0.548. The number of furan rings is 1. The summed E-state index contributed by atoms with van der Waals surface area (Å²) in [6, 6.07) is 7.30.